The summed E-state index contributed by atoms with van der Waals surface area (Å²) in [5.74, 6) is 0.562. The van der Waals surface area contributed by atoms with Gasteiger partial charge in [0, 0.05) is 24.8 Å². The zero-order valence-corrected chi connectivity index (χ0v) is 13.9. The van der Waals surface area contributed by atoms with Gasteiger partial charge in [0.25, 0.3) is 5.91 Å². The highest BCUT2D eigenvalue weighted by Gasteiger charge is 2.17. The van der Waals surface area contributed by atoms with E-state index in [0.29, 0.717) is 18.0 Å². The molecule has 1 amide bonds. The van der Waals surface area contributed by atoms with Gasteiger partial charge in [0.15, 0.2) is 0 Å². The molecule has 1 aliphatic heterocycles. The maximum absolute atomic E-state index is 12.0. The molecule has 0 radical (unpaired) electrons. The molecule has 5 nitrogen and oxygen atoms in total. The molecule has 1 aromatic heterocycles. The molecule has 3 N–H and O–H groups in total. The van der Waals surface area contributed by atoms with Crippen LogP contribution >= 0.6 is 24.8 Å². The number of pyridine rings is 1. The van der Waals surface area contributed by atoms with Crippen molar-refractivity contribution in [1.82, 2.24) is 15.2 Å². The van der Waals surface area contributed by atoms with E-state index in [1.165, 1.54) is 0 Å². The highest BCUT2D eigenvalue weighted by atomic mass is 35.5. The molecule has 120 valence electrons. The molecule has 0 aromatic carbocycles. The lowest BCUT2D eigenvalue weighted by Crippen LogP contribution is -2.36. The van der Waals surface area contributed by atoms with Gasteiger partial charge in [0.2, 0.25) is 0 Å². The average molecular weight is 335 g/mol. The van der Waals surface area contributed by atoms with E-state index in [1.54, 1.807) is 18.3 Å². The van der Waals surface area contributed by atoms with Gasteiger partial charge in [-0.05, 0) is 51.0 Å². The SMILES string of the molecule is CN1CCC(CNC(=O)c2ccnc(CN)c2)CC1.Cl.Cl. The number of aromatic nitrogens is 1. The minimum atomic E-state index is -0.0315. The number of nitrogens with zero attached hydrogens (tertiary/aromatic N) is 2. The standard InChI is InChI=1S/C14H22N4O.2ClH/c1-18-6-3-11(4-7-18)10-17-14(19)12-2-5-16-13(8-12)9-15;;/h2,5,8,11H,3-4,6-7,9-10,15H2,1H3,(H,17,19);2*1H. The molecule has 0 spiro atoms. The molecule has 1 aliphatic rings. The van der Waals surface area contributed by atoms with Gasteiger partial charge < -0.3 is 16.0 Å². The van der Waals surface area contributed by atoms with Crippen molar-refractivity contribution in [3.8, 4) is 0 Å². The maximum atomic E-state index is 12.0. The molecule has 0 aliphatic carbocycles. The topological polar surface area (TPSA) is 71.2 Å². The van der Waals surface area contributed by atoms with Crippen LogP contribution in [0, 0.1) is 5.92 Å². The Morgan fingerprint density at radius 3 is 2.71 bits per heavy atom. The number of halogens is 2. The Morgan fingerprint density at radius 2 is 2.10 bits per heavy atom. The molecule has 1 aromatic rings. The third kappa shape index (κ3) is 6.18. The number of nitrogens with one attached hydrogen (secondary N) is 1. The van der Waals surface area contributed by atoms with E-state index in [-0.39, 0.29) is 30.7 Å². The molecule has 0 bridgehead atoms. The van der Waals surface area contributed by atoms with E-state index >= 15 is 0 Å². The van der Waals surface area contributed by atoms with Crippen LogP contribution in [-0.2, 0) is 6.54 Å². The second-order valence-electron chi connectivity index (χ2n) is 5.20. The van der Waals surface area contributed by atoms with Crippen LogP contribution in [0.5, 0.6) is 0 Å². The Labute approximate surface area is 138 Å². The molecular weight excluding hydrogens is 311 g/mol. The Morgan fingerprint density at radius 1 is 1.43 bits per heavy atom. The Bertz CT molecular complexity index is 437. The Balaban J connectivity index is 0.00000200. The van der Waals surface area contributed by atoms with E-state index in [0.717, 1.165) is 38.2 Å². The van der Waals surface area contributed by atoms with Crippen LogP contribution in [0.2, 0.25) is 0 Å². The third-order valence-electron chi connectivity index (χ3n) is 3.68. The molecule has 0 saturated carbocycles. The summed E-state index contributed by atoms with van der Waals surface area (Å²) in [5, 5.41) is 3.01. The summed E-state index contributed by atoms with van der Waals surface area (Å²) in [6.45, 7) is 3.35. The lowest BCUT2D eigenvalue weighted by Gasteiger charge is -2.28. The summed E-state index contributed by atoms with van der Waals surface area (Å²) in [6, 6.07) is 3.48. The van der Waals surface area contributed by atoms with Crippen molar-refractivity contribution >= 4 is 30.7 Å². The molecule has 21 heavy (non-hydrogen) atoms. The van der Waals surface area contributed by atoms with Crippen molar-refractivity contribution in [3.63, 3.8) is 0 Å². The highest BCUT2D eigenvalue weighted by Crippen LogP contribution is 2.14. The summed E-state index contributed by atoms with van der Waals surface area (Å²) in [5.41, 5.74) is 6.91. The fourth-order valence-corrected chi connectivity index (χ4v) is 2.34. The zero-order chi connectivity index (χ0) is 13.7. The Kier molecular flexibility index (Phi) is 9.53. The molecule has 1 fully saturated rings. The number of nitrogens with two attached hydrogens (primary N) is 1. The maximum Gasteiger partial charge on any atom is 0.251 e. The summed E-state index contributed by atoms with van der Waals surface area (Å²) in [4.78, 5) is 18.4. The van der Waals surface area contributed by atoms with Crippen LogP contribution in [0.1, 0.15) is 28.9 Å². The second kappa shape index (κ2) is 9.95. The highest BCUT2D eigenvalue weighted by molar-refractivity contribution is 5.94. The summed E-state index contributed by atoms with van der Waals surface area (Å²) in [6.07, 6.45) is 3.94. The Hall–Kier alpha value is -0.880. The largest absolute Gasteiger partial charge is 0.352 e. The van der Waals surface area contributed by atoms with Crippen molar-refractivity contribution in [2.75, 3.05) is 26.7 Å². The van der Waals surface area contributed by atoms with Crippen LogP contribution in [0.25, 0.3) is 0 Å². The van der Waals surface area contributed by atoms with Gasteiger partial charge in [0.1, 0.15) is 0 Å². The fourth-order valence-electron chi connectivity index (χ4n) is 2.34. The molecule has 1 saturated heterocycles. The molecule has 2 heterocycles. The van der Waals surface area contributed by atoms with Crippen LogP contribution < -0.4 is 11.1 Å². The van der Waals surface area contributed by atoms with E-state index in [4.69, 9.17) is 5.73 Å². The number of carbonyl (C=O) groups is 1. The molecule has 0 unspecified atom stereocenters. The van der Waals surface area contributed by atoms with Crippen molar-refractivity contribution in [2.24, 2.45) is 11.7 Å². The lowest BCUT2D eigenvalue weighted by molar-refractivity contribution is 0.0939. The minimum Gasteiger partial charge on any atom is -0.352 e. The van der Waals surface area contributed by atoms with Crippen molar-refractivity contribution in [2.45, 2.75) is 19.4 Å². The fraction of sp³-hybridized carbons (Fsp3) is 0.571. The summed E-state index contributed by atoms with van der Waals surface area (Å²) >= 11 is 0. The van der Waals surface area contributed by atoms with Crippen LogP contribution in [0.3, 0.4) is 0 Å². The predicted octanol–water partition coefficient (Wildman–Crippen LogP) is 1.46. The first-order chi connectivity index (χ1) is 9.19. The normalized spacial score (nSPS) is 15.7. The average Bonchev–Trinajstić information content (AvgIpc) is 2.46. The van der Waals surface area contributed by atoms with Crippen LogP contribution in [0.4, 0.5) is 0 Å². The number of carbonyl (C=O) groups excluding carboxylic acids is 1. The monoisotopic (exact) mass is 334 g/mol. The van der Waals surface area contributed by atoms with Gasteiger partial charge in [-0.15, -0.1) is 24.8 Å². The lowest BCUT2D eigenvalue weighted by atomic mass is 9.97. The van der Waals surface area contributed by atoms with E-state index in [1.807, 2.05) is 0 Å². The first kappa shape index (κ1) is 20.1. The predicted molar refractivity (Wildman–Crippen MR) is 89.2 cm³/mol. The first-order valence-corrected chi connectivity index (χ1v) is 6.81. The van der Waals surface area contributed by atoms with Crippen molar-refractivity contribution in [1.29, 1.82) is 0 Å². The van der Waals surface area contributed by atoms with Gasteiger partial charge in [-0.1, -0.05) is 0 Å². The number of likely N-dealkylation sites (tertiary alicyclic amines) is 1. The molecule has 2 rings (SSSR count). The number of rotatable bonds is 4. The van der Waals surface area contributed by atoms with Gasteiger partial charge in [-0.3, -0.25) is 9.78 Å². The number of amides is 1. The van der Waals surface area contributed by atoms with Crippen LogP contribution in [0.15, 0.2) is 18.3 Å². The number of hydrogen-bond donors (Lipinski definition) is 2. The molecule has 0 atom stereocenters. The van der Waals surface area contributed by atoms with Crippen LogP contribution in [-0.4, -0.2) is 42.5 Å². The number of hydrogen-bond acceptors (Lipinski definition) is 4. The van der Waals surface area contributed by atoms with Gasteiger partial charge in [-0.2, -0.15) is 0 Å². The summed E-state index contributed by atoms with van der Waals surface area (Å²) < 4.78 is 0. The third-order valence-corrected chi connectivity index (χ3v) is 3.68. The molecule has 7 heteroatoms. The van der Waals surface area contributed by atoms with Gasteiger partial charge in [0.05, 0.1) is 5.69 Å². The number of piperidine rings is 1. The van der Waals surface area contributed by atoms with E-state index in [9.17, 15) is 4.79 Å². The first-order valence-electron chi connectivity index (χ1n) is 6.81. The minimum absolute atomic E-state index is 0. The van der Waals surface area contributed by atoms with E-state index in [2.05, 4.69) is 22.2 Å². The van der Waals surface area contributed by atoms with Gasteiger partial charge in [-0.25, -0.2) is 0 Å². The quantitative estimate of drug-likeness (QED) is 0.874. The van der Waals surface area contributed by atoms with Gasteiger partial charge >= 0.3 is 0 Å². The second-order valence-corrected chi connectivity index (χ2v) is 5.20. The smallest absolute Gasteiger partial charge is 0.251 e. The van der Waals surface area contributed by atoms with E-state index < -0.39 is 0 Å². The summed E-state index contributed by atoms with van der Waals surface area (Å²) in [7, 11) is 2.14. The zero-order valence-electron chi connectivity index (χ0n) is 12.2. The van der Waals surface area contributed by atoms with Crippen molar-refractivity contribution in [3.05, 3.63) is 29.6 Å². The van der Waals surface area contributed by atoms with Crippen molar-refractivity contribution < 1.29 is 4.79 Å². The molecular formula is C14H24Cl2N4O.